The first-order valence-electron chi connectivity index (χ1n) is 5.97. The van der Waals surface area contributed by atoms with Gasteiger partial charge in [0.2, 0.25) is 0 Å². The van der Waals surface area contributed by atoms with E-state index >= 15 is 0 Å². The van der Waals surface area contributed by atoms with E-state index < -0.39 is 0 Å². The summed E-state index contributed by atoms with van der Waals surface area (Å²) in [6, 6.07) is 2.29. The highest BCUT2D eigenvalue weighted by molar-refractivity contribution is 5.09. The van der Waals surface area contributed by atoms with Crippen LogP contribution in [-0.4, -0.2) is 6.04 Å². The Morgan fingerprint density at radius 2 is 2.13 bits per heavy atom. The summed E-state index contributed by atoms with van der Waals surface area (Å²) in [4.78, 5) is 0. The number of hydrogen-bond donors (Lipinski definition) is 1. The van der Waals surface area contributed by atoms with Crippen LogP contribution in [0.2, 0.25) is 0 Å². The molecule has 0 saturated heterocycles. The van der Waals surface area contributed by atoms with E-state index in [1.54, 1.807) is 6.26 Å². The summed E-state index contributed by atoms with van der Waals surface area (Å²) in [6.45, 7) is 2.34. The SMILES string of the molecule is CC1(C(N)Cc2ccoc2)CCCCC1. The summed E-state index contributed by atoms with van der Waals surface area (Å²) in [7, 11) is 0. The van der Waals surface area contributed by atoms with E-state index in [1.165, 1.54) is 37.7 Å². The van der Waals surface area contributed by atoms with Gasteiger partial charge in [0.25, 0.3) is 0 Å². The van der Waals surface area contributed by atoms with Crippen LogP contribution >= 0.6 is 0 Å². The summed E-state index contributed by atoms with van der Waals surface area (Å²) in [6.07, 6.45) is 11.1. The third-order valence-electron chi connectivity index (χ3n) is 3.93. The summed E-state index contributed by atoms with van der Waals surface area (Å²) in [5.41, 5.74) is 7.91. The molecular formula is C13H21NO. The molecule has 0 radical (unpaired) electrons. The molecule has 1 aromatic rings. The average molecular weight is 207 g/mol. The average Bonchev–Trinajstić information content (AvgIpc) is 2.71. The normalized spacial score (nSPS) is 22.5. The minimum atomic E-state index is 0.274. The largest absolute Gasteiger partial charge is 0.472 e. The number of hydrogen-bond acceptors (Lipinski definition) is 2. The van der Waals surface area contributed by atoms with Crippen LogP contribution in [0.4, 0.5) is 0 Å². The molecule has 1 atom stereocenters. The van der Waals surface area contributed by atoms with Gasteiger partial charge in [-0.25, -0.2) is 0 Å². The molecule has 1 aliphatic rings. The second-order valence-corrected chi connectivity index (χ2v) is 5.16. The monoisotopic (exact) mass is 207 g/mol. The highest BCUT2D eigenvalue weighted by Crippen LogP contribution is 2.38. The minimum absolute atomic E-state index is 0.274. The maximum absolute atomic E-state index is 6.33. The Morgan fingerprint density at radius 3 is 2.73 bits per heavy atom. The lowest BCUT2D eigenvalue weighted by molar-refractivity contribution is 0.168. The zero-order valence-electron chi connectivity index (χ0n) is 9.54. The first-order chi connectivity index (χ1) is 7.21. The van der Waals surface area contributed by atoms with Crippen LogP contribution in [0, 0.1) is 5.41 Å². The Balaban J connectivity index is 1.97. The quantitative estimate of drug-likeness (QED) is 0.827. The van der Waals surface area contributed by atoms with Crippen molar-refractivity contribution in [2.45, 2.75) is 51.5 Å². The van der Waals surface area contributed by atoms with Gasteiger partial charge < -0.3 is 10.2 Å². The molecule has 0 bridgehead atoms. The Hall–Kier alpha value is -0.760. The highest BCUT2D eigenvalue weighted by Gasteiger charge is 2.33. The fourth-order valence-corrected chi connectivity index (χ4v) is 2.64. The second-order valence-electron chi connectivity index (χ2n) is 5.16. The molecule has 2 rings (SSSR count). The minimum Gasteiger partial charge on any atom is -0.472 e. The van der Waals surface area contributed by atoms with Gasteiger partial charge in [0.15, 0.2) is 0 Å². The first kappa shape index (κ1) is 10.7. The zero-order valence-corrected chi connectivity index (χ0v) is 9.54. The van der Waals surface area contributed by atoms with Crippen molar-refractivity contribution < 1.29 is 4.42 Å². The Morgan fingerprint density at radius 1 is 1.40 bits per heavy atom. The fraction of sp³-hybridized carbons (Fsp3) is 0.692. The summed E-state index contributed by atoms with van der Waals surface area (Å²) >= 11 is 0. The Bertz CT molecular complexity index is 285. The van der Waals surface area contributed by atoms with Crippen molar-refractivity contribution in [3.63, 3.8) is 0 Å². The summed E-state index contributed by atoms with van der Waals surface area (Å²) < 4.78 is 5.08. The molecule has 2 heteroatoms. The molecule has 1 aliphatic carbocycles. The van der Waals surface area contributed by atoms with E-state index in [4.69, 9.17) is 10.2 Å². The van der Waals surface area contributed by atoms with E-state index in [9.17, 15) is 0 Å². The molecule has 0 aliphatic heterocycles. The molecule has 0 aromatic carbocycles. The van der Waals surface area contributed by atoms with Crippen LogP contribution < -0.4 is 5.73 Å². The number of furan rings is 1. The van der Waals surface area contributed by atoms with Crippen molar-refractivity contribution in [2.24, 2.45) is 11.1 Å². The zero-order chi connectivity index (χ0) is 10.7. The number of rotatable bonds is 3. The van der Waals surface area contributed by atoms with Gasteiger partial charge >= 0.3 is 0 Å². The number of nitrogens with two attached hydrogens (primary N) is 1. The van der Waals surface area contributed by atoms with E-state index in [-0.39, 0.29) is 6.04 Å². The predicted octanol–water partition coefficient (Wildman–Crippen LogP) is 3.12. The molecule has 1 aromatic heterocycles. The van der Waals surface area contributed by atoms with E-state index in [0.717, 1.165) is 6.42 Å². The molecule has 2 nitrogen and oxygen atoms in total. The van der Waals surface area contributed by atoms with Gasteiger partial charge in [0.1, 0.15) is 0 Å². The van der Waals surface area contributed by atoms with Crippen LogP contribution in [0.15, 0.2) is 23.0 Å². The van der Waals surface area contributed by atoms with Crippen molar-refractivity contribution in [3.8, 4) is 0 Å². The third kappa shape index (κ3) is 2.43. The van der Waals surface area contributed by atoms with Crippen molar-refractivity contribution in [3.05, 3.63) is 24.2 Å². The highest BCUT2D eigenvalue weighted by atomic mass is 16.3. The lowest BCUT2D eigenvalue weighted by Gasteiger charge is -2.38. The third-order valence-corrected chi connectivity index (χ3v) is 3.93. The summed E-state index contributed by atoms with van der Waals surface area (Å²) in [5.74, 6) is 0. The lowest BCUT2D eigenvalue weighted by atomic mass is 9.69. The molecule has 2 N–H and O–H groups in total. The van der Waals surface area contributed by atoms with Crippen molar-refractivity contribution in [2.75, 3.05) is 0 Å². The molecule has 1 saturated carbocycles. The van der Waals surface area contributed by atoms with Gasteiger partial charge in [-0.15, -0.1) is 0 Å². The Kier molecular flexibility index (Phi) is 3.15. The molecule has 0 amide bonds. The molecule has 84 valence electrons. The van der Waals surface area contributed by atoms with E-state index in [2.05, 4.69) is 6.92 Å². The molecule has 1 unspecified atom stereocenters. The van der Waals surface area contributed by atoms with Gasteiger partial charge in [-0.3, -0.25) is 0 Å². The van der Waals surface area contributed by atoms with Gasteiger partial charge in [-0.05, 0) is 36.3 Å². The topological polar surface area (TPSA) is 39.2 Å². The van der Waals surface area contributed by atoms with Crippen molar-refractivity contribution in [1.29, 1.82) is 0 Å². The van der Waals surface area contributed by atoms with Gasteiger partial charge in [-0.2, -0.15) is 0 Å². The second kappa shape index (κ2) is 4.40. The molecule has 1 heterocycles. The van der Waals surface area contributed by atoms with E-state index in [0.29, 0.717) is 5.41 Å². The van der Waals surface area contributed by atoms with Gasteiger partial charge in [0.05, 0.1) is 12.5 Å². The van der Waals surface area contributed by atoms with Crippen LogP contribution in [0.1, 0.15) is 44.6 Å². The maximum Gasteiger partial charge on any atom is 0.0935 e. The van der Waals surface area contributed by atoms with Crippen molar-refractivity contribution >= 4 is 0 Å². The predicted molar refractivity (Wildman–Crippen MR) is 61.6 cm³/mol. The first-order valence-corrected chi connectivity index (χ1v) is 5.97. The van der Waals surface area contributed by atoms with Crippen LogP contribution in [-0.2, 0) is 6.42 Å². The van der Waals surface area contributed by atoms with E-state index in [1.807, 2.05) is 12.3 Å². The molecule has 15 heavy (non-hydrogen) atoms. The van der Waals surface area contributed by atoms with Crippen LogP contribution in [0.5, 0.6) is 0 Å². The molecule has 1 fully saturated rings. The lowest BCUT2D eigenvalue weighted by Crippen LogP contribution is -2.42. The van der Waals surface area contributed by atoms with Gasteiger partial charge in [0, 0.05) is 6.04 Å². The molecule has 0 spiro atoms. The van der Waals surface area contributed by atoms with Gasteiger partial charge in [-0.1, -0.05) is 26.2 Å². The standard InChI is InChI=1S/C13H21NO/c1-13(6-3-2-4-7-13)12(14)9-11-5-8-15-10-11/h5,8,10,12H,2-4,6-7,9,14H2,1H3. The maximum atomic E-state index is 6.33. The smallest absolute Gasteiger partial charge is 0.0935 e. The fourth-order valence-electron chi connectivity index (χ4n) is 2.64. The molecular weight excluding hydrogens is 186 g/mol. The summed E-state index contributed by atoms with van der Waals surface area (Å²) in [5, 5.41) is 0. The van der Waals surface area contributed by atoms with Crippen LogP contribution in [0.3, 0.4) is 0 Å². The van der Waals surface area contributed by atoms with Crippen LogP contribution in [0.25, 0.3) is 0 Å². The Labute approximate surface area is 91.8 Å². The van der Waals surface area contributed by atoms with Crippen molar-refractivity contribution in [1.82, 2.24) is 0 Å².